The highest BCUT2D eigenvalue weighted by molar-refractivity contribution is 7.86. The van der Waals surface area contributed by atoms with E-state index < -0.39 is 68.2 Å². The van der Waals surface area contributed by atoms with E-state index in [4.69, 9.17) is 0 Å². The van der Waals surface area contributed by atoms with Crippen LogP contribution in [-0.4, -0.2) is 66.0 Å². The smallest absolute Gasteiger partial charge is 0.315 e. The Labute approximate surface area is 333 Å². The molecule has 0 spiro atoms. The lowest BCUT2D eigenvalue weighted by Gasteiger charge is -2.16. The molecule has 0 amide bonds. The predicted molar refractivity (Wildman–Crippen MR) is 211 cm³/mol. The molecule has 1 heterocycles. The number of nitrogens with one attached hydrogen (secondary N) is 3. The van der Waals surface area contributed by atoms with Crippen LogP contribution in [0, 0.1) is 13.0 Å². The van der Waals surface area contributed by atoms with Crippen molar-refractivity contribution in [3.8, 4) is 5.75 Å². The topological polar surface area (TPSA) is 308 Å². The Morgan fingerprint density at radius 3 is 1.84 bits per heavy atom. The zero-order valence-electron chi connectivity index (χ0n) is 29.4. The van der Waals surface area contributed by atoms with Gasteiger partial charge in [0.15, 0.2) is 5.75 Å². The summed E-state index contributed by atoms with van der Waals surface area (Å²) in [5.74, 6) is -1.29. The molecule has 0 radical (unpaired) electrons. The van der Waals surface area contributed by atoms with Crippen LogP contribution in [0.3, 0.4) is 0 Å². The lowest BCUT2D eigenvalue weighted by Crippen LogP contribution is -2.06. The van der Waals surface area contributed by atoms with Crippen LogP contribution in [0.1, 0.15) is 5.56 Å². The molecule has 1 aromatic heterocycles. The zero-order valence-corrected chi connectivity index (χ0v) is 32.8. The molecule has 300 valence electrons. The average molecular weight is 871 g/mol. The van der Waals surface area contributed by atoms with Crippen molar-refractivity contribution >= 4 is 105 Å². The van der Waals surface area contributed by atoms with Gasteiger partial charge in [-0.05, 0) is 84.6 Å². The van der Waals surface area contributed by atoms with Gasteiger partial charge in [0.05, 0.1) is 21.7 Å². The Morgan fingerprint density at radius 1 is 0.690 bits per heavy atom. The maximum absolute atomic E-state index is 14.4. The Morgan fingerprint density at radius 2 is 1.28 bits per heavy atom. The summed E-state index contributed by atoms with van der Waals surface area (Å²) >= 11 is 4.36. The van der Waals surface area contributed by atoms with E-state index in [1.807, 2.05) is 13.0 Å². The molecule has 0 aliphatic heterocycles. The molecular weight excluding hydrogens is 844 g/mol. The maximum Gasteiger partial charge on any atom is 0.315 e. The minimum atomic E-state index is -5.23. The number of hydrogen-bond acceptors (Lipinski definition) is 18. The van der Waals surface area contributed by atoms with E-state index in [2.05, 4.69) is 64.0 Å². The highest BCUT2D eigenvalue weighted by Crippen LogP contribution is 2.49. The molecule has 0 aliphatic carbocycles. The molecule has 0 bridgehead atoms. The van der Waals surface area contributed by atoms with E-state index >= 15 is 0 Å². The second-order valence-corrected chi connectivity index (χ2v) is 16.6. The van der Waals surface area contributed by atoms with E-state index in [9.17, 15) is 48.4 Å². The van der Waals surface area contributed by atoms with Crippen molar-refractivity contribution in [2.75, 3.05) is 23.0 Å². The second kappa shape index (κ2) is 16.0. The van der Waals surface area contributed by atoms with Crippen LogP contribution in [-0.2, 0) is 30.4 Å². The van der Waals surface area contributed by atoms with Gasteiger partial charge in [-0.25, -0.2) is 0 Å². The Bertz CT molecular complexity index is 3030. The number of phenols is 1. The molecular formula is C33H27FN10O10S4. The maximum atomic E-state index is 14.4. The van der Waals surface area contributed by atoms with Crippen LogP contribution in [0.4, 0.5) is 56.1 Å². The van der Waals surface area contributed by atoms with Gasteiger partial charge in [-0.1, -0.05) is 12.1 Å². The predicted octanol–water partition coefficient (Wildman–Crippen LogP) is 7.57. The summed E-state index contributed by atoms with van der Waals surface area (Å²) < 4.78 is 117. The monoisotopic (exact) mass is 870 g/mol. The number of aryl methyl sites for hydroxylation is 1. The van der Waals surface area contributed by atoms with Crippen LogP contribution in [0.5, 0.6) is 5.75 Å². The Balaban J connectivity index is 1.43. The van der Waals surface area contributed by atoms with Gasteiger partial charge in [0.25, 0.3) is 30.4 Å². The summed E-state index contributed by atoms with van der Waals surface area (Å²) in [6, 6.07) is 17.2. The molecule has 6 aromatic rings. The number of azo groups is 2. The van der Waals surface area contributed by atoms with Gasteiger partial charge in [0, 0.05) is 23.3 Å². The van der Waals surface area contributed by atoms with Crippen molar-refractivity contribution in [1.82, 2.24) is 15.0 Å². The van der Waals surface area contributed by atoms with Gasteiger partial charge in [0.1, 0.15) is 26.9 Å². The van der Waals surface area contributed by atoms with Gasteiger partial charge in [-0.2, -0.15) is 49.7 Å². The Hall–Kier alpha value is -6.22. The molecule has 0 aliphatic rings. The number of aromatic nitrogens is 3. The molecule has 7 N–H and O–H groups in total. The number of fused-ring (bicyclic) bond motifs is 1. The van der Waals surface area contributed by atoms with Gasteiger partial charge in [0.2, 0.25) is 11.9 Å². The third-order valence-corrected chi connectivity index (χ3v) is 10.8. The van der Waals surface area contributed by atoms with E-state index in [0.29, 0.717) is 5.69 Å². The van der Waals surface area contributed by atoms with Crippen molar-refractivity contribution < 1.29 is 48.4 Å². The average Bonchev–Trinajstić information content (AvgIpc) is 3.13. The number of thiol groups is 1. The fourth-order valence-corrected chi connectivity index (χ4v) is 7.32. The van der Waals surface area contributed by atoms with Crippen molar-refractivity contribution in [3.05, 3.63) is 90.5 Å². The number of rotatable bonds is 12. The molecule has 0 unspecified atom stereocenters. The molecule has 6 rings (SSSR count). The van der Waals surface area contributed by atoms with E-state index in [0.717, 1.165) is 42.0 Å². The Kier molecular flexibility index (Phi) is 11.4. The van der Waals surface area contributed by atoms with Crippen molar-refractivity contribution in [2.24, 2.45) is 20.5 Å². The number of halogens is 1. The van der Waals surface area contributed by atoms with Gasteiger partial charge in [-0.15, -0.1) is 28.0 Å². The number of aromatic hydroxyl groups is 1. The van der Waals surface area contributed by atoms with Crippen LogP contribution >= 0.6 is 12.6 Å². The van der Waals surface area contributed by atoms with E-state index in [1.54, 1.807) is 18.2 Å². The minimum absolute atomic E-state index is 0.0458. The summed E-state index contributed by atoms with van der Waals surface area (Å²) in [4.78, 5) is 9.25. The summed E-state index contributed by atoms with van der Waals surface area (Å²) in [5, 5.41) is 34.9. The normalized spacial score (nSPS) is 12.4. The lowest BCUT2D eigenvalue weighted by atomic mass is 10.0. The quantitative estimate of drug-likeness (QED) is 0.0334. The minimum Gasteiger partial charge on any atom is -0.505 e. The summed E-state index contributed by atoms with van der Waals surface area (Å²) in [6.45, 7) is 1.87. The number of hydrogen-bond donors (Lipinski definition) is 8. The van der Waals surface area contributed by atoms with E-state index in [1.165, 1.54) is 25.2 Å². The van der Waals surface area contributed by atoms with Crippen LogP contribution in [0.2, 0.25) is 0 Å². The SMILES string of the molecule is CNc1c(N=Nc2ccc(S(=O)(=O)O)cc2)c(S(=O)(=O)O)cc2cc(S(=O)(=O)O)c(N=Nc3cc(Nc4nc(F)nc(Nc5cccc(C)c5)n4)ccc3S)c(O)c12. The molecule has 25 heteroatoms. The standard InChI is InChI=1S/C33H27FN10O10S4/c1-16-4-3-5-19(12-16)36-32-38-31(34)39-33(40-32)37-20-8-11-23(55)22(15-20)42-44-28-25(58(52,53)54)14-17-13-24(57(49,50)51)27(29(35-2)26(17)30(28)45)43-41-18-6-9-21(10-7-18)56(46,47)48/h3-15,35,45,55H,1-2H3,(H,46,47,48)(H,49,50,51)(H,52,53,54)(H2,36,37,38,39,40). The van der Waals surface area contributed by atoms with Crippen molar-refractivity contribution in [3.63, 3.8) is 0 Å². The molecule has 0 atom stereocenters. The molecule has 0 saturated carbocycles. The first-order chi connectivity index (χ1) is 27.2. The highest BCUT2D eigenvalue weighted by atomic mass is 32.2. The molecule has 58 heavy (non-hydrogen) atoms. The first-order valence-electron chi connectivity index (χ1n) is 16.0. The van der Waals surface area contributed by atoms with E-state index in [-0.39, 0.29) is 50.3 Å². The summed E-state index contributed by atoms with van der Waals surface area (Å²) in [6.07, 6.45) is -1.11. The molecule has 0 fully saturated rings. The third kappa shape index (κ3) is 9.31. The van der Waals surface area contributed by atoms with Gasteiger partial charge in [-0.3, -0.25) is 13.7 Å². The van der Waals surface area contributed by atoms with Crippen molar-refractivity contribution in [1.29, 1.82) is 0 Å². The van der Waals surface area contributed by atoms with Crippen molar-refractivity contribution in [2.45, 2.75) is 26.5 Å². The zero-order chi connectivity index (χ0) is 42.2. The fraction of sp³-hybridized carbons (Fsp3) is 0.0606. The van der Waals surface area contributed by atoms with Crippen LogP contribution in [0.15, 0.2) is 119 Å². The third-order valence-electron chi connectivity index (χ3n) is 7.85. The van der Waals surface area contributed by atoms with Gasteiger partial charge >= 0.3 is 6.08 Å². The molecule has 20 nitrogen and oxygen atoms in total. The fourth-order valence-electron chi connectivity index (χ4n) is 5.33. The number of nitrogens with zero attached hydrogens (tertiary/aromatic N) is 7. The van der Waals surface area contributed by atoms with Gasteiger partial charge < -0.3 is 21.1 Å². The molecule has 0 saturated heterocycles. The largest absolute Gasteiger partial charge is 0.505 e. The summed E-state index contributed by atoms with van der Waals surface area (Å²) in [5.41, 5.74) is -0.116. The number of benzene rings is 5. The number of anilines is 5. The molecule has 5 aromatic carbocycles. The first kappa shape index (κ1) is 41.4. The lowest BCUT2D eigenvalue weighted by molar-refractivity contribution is 0.472. The second-order valence-electron chi connectivity index (χ2n) is 11.9. The highest BCUT2D eigenvalue weighted by Gasteiger charge is 2.29. The number of phenolic OH excluding ortho intramolecular Hbond substituents is 1. The van der Waals surface area contributed by atoms with Crippen LogP contribution in [0.25, 0.3) is 10.8 Å². The van der Waals surface area contributed by atoms with Crippen LogP contribution < -0.4 is 16.0 Å². The first-order valence-corrected chi connectivity index (χ1v) is 20.7. The summed E-state index contributed by atoms with van der Waals surface area (Å²) in [7, 11) is -13.7.